The maximum atomic E-state index is 5.71. The average Bonchev–Trinajstić information content (AvgIpc) is 2.56. The van der Waals surface area contributed by atoms with Gasteiger partial charge in [-0.3, -0.25) is 0 Å². The summed E-state index contributed by atoms with van der Waals surface area (Å²) in [6.07, 6.45) is 1.28. The first kappa shape index (κ1) is 10.8. The van der Waals surface area contributed by atoms with Crippen LogP contribution in [0.4, 0.5) is 0 Å². The molecule has 2 rings (SSSR count). The molecule has 0 aromatic heterocycles. The summed E-state index contributed by atoms with van der Waals surface area (Å²) >= 11 is 3.47. The van der Waals surface area contributed by atoms with Crippen LogP contribution in [0.3, 0.4) is 0 Å². The Hall–Kier alpha value is -0.700. The van der Waals surface area contributed by atoms with E-state index in [0.717, 1.165) is 28.8 Å². The molecule has 1 aromatic rings. The second kappa shape index (κ2) is 4.44. The molecule has 82 valence electrons. The minimum atomic E-state index is 0.292. The molecule has 0 unspecified atom stereocenters. The first-order valence-corrected chi connectivity index (χ1v) is 6.38. The maximum absolute atomic E-state index is 5.71. The van der Waals surface area contributed by atoms with Crippen molar-refractivity contribution in [2.24, 2.45) is 0 Å². The van der Waals surface area contributed by atoms with Crippen LogP contribution >= 0.6 is 15.9 Å². The summed E-state index contributed by atoms with van der Waals surface area (Å²) in [6.45, 7) is 4.80. The van der Waals surface area contributed by atoms with E-state index in [4.69, 9.17) is 9.47 Å². The Kier molecular flexibility index (Phi) is 3.19. The molecule has 0 amide bonds. The molecule has 3 heteroatoms. The van der Waals surface area contributed by atoms with Crippen molar-refractivity contribution in [1.82, 2.24) is 0 Å². The normalized spacial score (nSPS) is 18.5. The monoisotopic (exact) mass is 270 g/mol. The van der Waals surface area contributed by atoms with Gasteiger partial charge < -0.3 is 9.47 Å². The Morgan fingerprint density at radius 2 is 2.33 bits per heavy atom. The Morgan fingerprint density at radius 3 is 3.00 bits per heavy atom. The van der Waals surface area contributed by atoms with Crippen LogP contribution in [0.15, 0.2) is 12.1 Å². The zero-order chi connectivity index (χ0) is 10.8. The zero-order valence-electron chi connectivity index (χ0n) is 9.05. The fraction of sp³-hybridized carbons (Fsp3) is 0.500. The van der Waals surface area contributed by atoms with Crippen molar-refractivity contribution in [1.29, 1.82) is 0 Å². The number of hydrogen-bond acceptors (Lipinski definition) is 2. The van der Waals surface area contributed by atoms with Gasteiger partial charge in [0.25, 0.3) is 0 Å². The molecule has 1 aliphatic rings. The third-order valence-electron chi connectivity index (χ3n) is 2.52. The number of benzene rings is 1. The highest BCUT2D eigenvalue weighted by Gasteiger charge is 2.21. The van der Waals surface area contributed by atoms with Crippen molar-refractivity contribution in [2.45, 2.75) is 31.7 Å². The standard InChI is InChI=1S/C12H15BrO2/c1-3-14-11-5-9-4-8(2)15-12(9)6-10(11)7-13/h5-6,8H,3-4,7H2,1-2H3/t8-/m0/s1. The van der Waals surface area contributed by atoms with Crippen LogP contribution in [0.2, 0.25) is 0 Å². The molecular formula is C12H15BrO2. The van der Waals surface area contributed by atoms with E-state index in [-0.39, 0.29) is 0 Å². The lowest BCUT2D eigenvalue weighted by Crippen LogP contribution is -2.05. The second-order valence-corrected chi connectivity index (χ2v) is 4.33. The molecule has 1 heterocycles. The maximum Gasteiger partial charge on any atom is 0.123 e. The summed E-state index contributed by atoms with van der Waals surface area (Å²) in [7, 11) is 0. The van der Waals surface area contributed by atoms with Crippen LogP contribution in [0.25, 0.3) is 0 Å². The summed E-state index contributed by atoms with van der Waals surface area (Å²) in [4.78, 5) is 0. The van der Waals surface area contributed by atoms with Crippen LogP contribution in [0.1, 0.15) is 25.0 Å². The van der Waals surface area contributed by atoms with Gasteiger partial charge in [0.15, 0.2) is 0 Å². The van der Waals surface area contributed by atoms with Crippen LogP contribution in [-0.2, 0) is 11.8 Å². The SMILES string of the molecule is CCOc1cc2c(cc1CBr)O[C@@H](C)C2. The van der Waals surface area contributed by atoms with Crippen molar-refractivity contribution < 1.29 is 9.47 Å². The number of hydrogen-bond donors (Lipinski definition) is 0. The predicted octanol–water partition coefficient (Wildman–Crippen LogP) is 3.30. The summed E-state index contributed by atoms with van der Waals surface area (Å²) in [6, 6.07) is 4.19. The van der Waals surface area contributed by atoms with Gasteiger partial charge in [0.1, 0.15) is 17.6 Å². The lowest BCUT2D eigenvalue weighted by molar-refractivity contribution is 0.254. The first-order chi connectivity index (χ1) is 7.24. The Morgan fingerprint density at radius 1 is 1.53 bits per heavy atom. The molecule has 0 saturated carbocycles. The number of alkyl halides is 1. The van der Waals surface area contributed by atoms with Gasteiger partial charge in [0.2, 0.25) is 0 Å². The van der Waals surface area contributed by atoms with Gasteiger partial charge in [-0.15, -0.1) is 0 Å². The molecule has 0 bridgehead atoms. The third kappa shape index (κ3) is 2.12. The van der Waals surface area contributed by atoms with E-state index in [0.29, 0.717) is 12.7 Å². The summed E-state index contributed by atoms with van der Waals surface area (Å²) < 4.78 is 11.3. The van der Waals surface area contributed by atoms with Crippen molar-refractivity contribution in [3.8, 4) is 11.5 Å². The van der Waals surface area contributed by atoms with Crippen LogP contribution < -0.4 is 9.47 Å². The van der Waals surface area contributed by atoms with Crippen molar-refractivity contribution in [3.63, 3.8) is 0 Å². The van der Waals surface area contributed by atoms with Crippen molar-refractivity contribution >= 4 is 15.9 Å². The molecular weight excluding hydrogens is 256 g/mol. The highest BCUT2D eigenvalue weighted by Crippen LogP contribution is 2.35. The van der Waals surface area contributed by atoms with Gasteiger partial charge in [-0.25, -0.2) is 0 Å². The Balaban J connectivity index is 2.36. The number of halogens is 1. The molecule has 2 nitrogen and oxygen atoms in total. The average molecular weight is 271 g/mol. The lowest BCUT2D eigenvalue weighted by Gasteiger charge is -2.10. The molecule has 0 fully saturated rings. The molecule has 0 N–H and O–H groups in total. The van der Waals surface area contributed by atoms with E-state index in [1.807, 2.05) is 6.92 Å². The minimum absolute atomic E-state index is 0.292. The summed E-state index contributed by atoms with van der Waals surface area (Å²) in [5, 5.41) is 0.799. The number of fused-ring (bicyclic) bond motifs is 1. The van der Waals surface area contributed by atoms with Gasteiger partial charge in [-0.1, -0.05) is 15.9 Å². The van der Waals surface area contributed by atoms with Gasteiger partial charge in [-0.2, -0.15) is 0 Å². The molecule has 0 aliphatic carbocycles. The topological polar surface area (TPSA) is 18.5 Å². The molecule has 0 radical (unpaired) electrons. The van der Waals surface area contributed by atoms with Gasteiger partial charge in [0.05, 0.1) is 6.61 Å². The Labute approximate surface area is 98.7 Å². The quantitative estimate of drug-likeness (QED) is 0.785. The van der Waals surface area contributed by atoms with Gasteiger partial charge in [-0.05, 0) is 26.0 Å². The van der Waals surface area contributed by atoms with E-state index in [1.54, 1.807) is 0 Å². The number of rotatable bonds is 3. The van der Waals surface area contributed by atoms with E-state index in [2.05, 4.69) is 35.0 Å². The highest BCUT2D eigenvalue weighted by molar-refractivity contribution is 9.08. The second-order valence-electron chi connectivity index (χ2n) is 3.77. The van der Waals surface area contributed by atoms with Gasteiger partial charge >= 0.3 is 0 Å². The lowest BCUT2D eigenvalue weighted by atomic mass is 10.1. The summed E-state index contributed by atoms with van der Waals surface area (Å²) in [5.41, 5.74) is 2.42. The molecule has 1 aliphatic heterocycles. The largest absolute Gasteiger partial charge is 0.494 e. The smallest absolute Gasteiger partial charge is 0.123 e. The van der Waals surface area contributed by atoms with E-state index < -0.39 is 0 Å². The van der Waals surface area contributed by atoms with Gasteiger partial charge in [0, 0.05) is 22.9 Å². The van der Waals surface area contributed by atoms with E-state index >= 15 is 0 Å². The van der Waals surface area contributed by atoms with Crippen LogP contribution in [0.5, 0.6) is 11.5 Å². The minimum Gasteiger partial charge on any atom is -0.494 e. The molecule has 0 spiro atoms. The third-order valence-corrected chi connectivity index (χ3v) is 3.13. The molecule has 1 atom stereocenters. The molecule has 0 saturated heterocycles. The first-order valence-electron chi connectivity index (χ1n) is 5.25. The molecule has 15 heavy (non-hydrogen) atoms. The van der Waals surface area contributed by atoms with Crippen LogP contribution in [-0.4, -0.2) is 12.7 Å². The zero-order valence-corrected chi connectivity index (χ0v) is 10.6. The molecule has 1 aromatic carbocycles. The van der Waals surface area contributed by atoms with Crippen molar-refractivity contribution in [3.05, 3.63) is 23.3 Å². The fourth-order valence-corrected chi connectivity index (χ4v) is 2.31. The van der Waals surface area contributed by atoms with Crippen molar-refractivity contribution in [2.75, 3.05) is 6.61 Å². The number of ether oxygens (including phenoxy) is 2. The predicted molar refractivity (Wildman–Crippen MR) is 64.0 cm³/mol. The fourth-order valence-electron chi connectivity index (χ4n) is 1.88. The van der Waals surface area contributed by atoms with E-state index in [9.17, 15) is 0 Å². The summed E-state index contributed by atoms with van der Waals surface area (Å²) in [5.74, 6) is 1.99. The highest BCUT2D eigenvalue weighted by atomic mass is 79.9. The Bertz CT molecular complexity index is 363. The van der Waals surface area contributed by atoms with Crippen LogP contribution in [0, 0.1) is 0 Å². The van der Waals surface area contributed by atoms with E-state index in [1.165, 1.54) is 5.56 Å².